The number of unbranched alkanes of at least 4 members (excludes halogenated alkanes) is 1. The van der Waals surface area contributed by atoms with Crippen molar-refractivity contribution in [3.8, 4) is 11.6 Å². The van der Waals surface area contributed by atoms with Gasteiger partial charge in [0, 0.05) is 18.8 Å². The van der Waals surface area contributed by atoms with Gasteiger partial charge in [-0.05, 0) is 98.0 Å². The Balaban J connectivity index is 1.31. The standard InChI is InChI=1S/C36H58N2O5Si/c1-8-41-35(39)30-25-38(37-34(30)42-26-28-17-19-29(40-7)20-18-28)24-13-12-15-27(5)31-21-22-32-33(16-14-23-36(31,32)6)43-44(9-2,10-3)11-4/h17-20,25,27,31-33H,8-16,21-24,26H2,1-7H3. The number of nitrogens with zero attached hydrogens (tertiary/aromatic N) is 2. The monoisotopic (exact) mass is 626 g/mol. The van der Waals surface area contributed by atoms with Gasteiger partial charge in [-0.1, -0.05) is 66.0 Å². The molecule has 2 aliphatic rings. The lowest BCUT2D eigenvalue weighted by Gasteiger charge is -2.49. The molecule has 246 valence electrons. The Morgan fingerprint density at radius 1 is 1.07 bits per heavy atom. The highest BCUT2D eigenvalue weighted by atomic mass is 28.4. The molecule has 5 unspecified atom stereocenters. The van der Waals surface area contributed by atoms with E-state index in [2.05, 4.69) is 39.7 Å². The minimum atomic E-state index is -1.60. The Labute approximate surface area is 267 Å². The minimum absolute atomic E-state index is 0.312. The highest BCUT2D eigenvalue weighted by molar-refractivity contribution is 6.73. The molecule has 1 aromatic carbocycles. The average molecular weight is 627 g/mol. The van der Waals surface area contributed by atoms with E-state index in [0.29, 0.717) is 42.1 Å². The predicted octanol–water partition coefficient (Wildman–Crippen LogP) is 9.06. The van der Waals surface area contributed by atoms with Crippen molar-refractivity contribution in [2.45, 2.75) is 130 Å². The molecule has 2 fully saturated rings. The molecule has 2 aliphatic carbocycles. The number of esters is 1. The summed E-state index contributed by atoms with van der Waals surface area (Å²) in [4.78, 5) is 12.7. The first-order chi connectivity index (χ1) is 21.2. The van der Waals surface area contributed by atoms with Gasteiger partial charge < -0.3 is 18.6 Å². The third-order valence-electron chi connectivity index (χ3n) is 11.2. The van der Waals surface area contributed by atoms with E-state index < -0.39 is 14.3 Å². The van der Waals surface area contributed by atoms with Crippen molar-refractivity contribution in [3.05, 3.63) is 41.6 Å². The number of hydrogen-bond acceptors (Lipinski definition) is 6. The van der Waals surface area contributed by atoms with Crippen LogP contribution in [0, 0.1) is 23.2 Å². The van der Waals surface area contributed by atoms with Crippen molar-refractivity contribution in [1.29, 1.82) is 0 Å². The first kappa shape index (κ1) is 34.5. The second-order valence-corrected chi connectivity index (χ2v) is 18.3. The summed E-state index contributed by atoms with van der Waals surface area (Å²) in [5.74, 6) is 2.92. The number of carbonyl (C=O) groups excluding carboxylic acids is 1. The average Bonchev–Trinajstić information content (AvgIpc) is 3.62. The summed E-state index contributed by atoms with van der Waals surface area (Å²) < 4.78 is 25.5. The highest BCUT2D eigenvalue weighted by Gasteiger charge is 2.53. The van der Waals surface area contributed by atoms with Gasteiger partial charge in [-0.2, -0.15) is 0 Å². The largest absolute Gasteiger partial charge is 0.497 e. The van der Waals surface area contributed by atoms with Crippen LogP contribution in [0.2, 0.25) is 18.1 Å². The molecule has 0 saturated heterocycles. The van der Waals surface area contributed by atoms with Crippen LogP contribution in [0.15, 0.2) is 30.5 Å². The van der Waals surface area contributed by atoms with Gasteiger partial charge in [-0.15, -0.1) is 5.10 Å². The Morgan fingerprint density at radius 3 is 2.45 bits per heavy atom. The maximum atomic E-state index is 12.7. The molecule has 0 spiro atoms. The first-order valence-corrected chi connectivity index (χ1v) is 19.9. The molecule has 0 radical (unpaired) electrons. The lowest BCUT2D eigenvalue weighted by molar-refractivity contribution is -0.0203. The summed E-state index contributed by atoms with van der Waals surface area (Å²) in [6.45, 7) is 15.4. The SMILES string of the molecule is CCOC(=O)c1cn(CCCCC(C)C2CCC3C(O[Si](CC)(CC)CC)CCCC23C)nc1OCc1ccc(OC)cc1. The quantitative estimate of drug-likeness (QED) is 0.0991. The Kier molecular flexibility index (Phi) is 12.4. The van der Waals surface area contributed by atoms with E-state index in [1.807, 2.05) is 35.9 Å². The minimum Gasteiger partial charge on any atom is -0.497 e. The maximum Gasteiger partial charge on any atom is 0.345 e. The highest BCUT2D eigenvalue weighted by Crippen LogP contribution is 2.59. The van der Waals surface area contributed by atoms with E-state index >= 15 is 0 Å². The smallest absolute Gasteiger partial charge is 0.345 e. The molecular formula is C36H58N2O5Si. The van der Waals surface area contributed by atoms with Crippen LogP contribution in [0.25, 0.3) is 0 Å². The fourth-order valence-electron chi connectivity index (χ4n) is 8.35. The third kappa shape index (κ3) is 7.90. The number of methoxy groups -OCH3 is 1. The van der Waals surface area contributed by atoms with Gasteiger partial charge in [0.15, 0.2) is 8.32 Å². The van der Waals surface area contributed by atoms with Crippen molar-refractivity contribution in [2.24, 2.45) is 23.2 Å². The summed E-state index contributed by atoms with van der Waals surface area (Å²) in [5.41, 5.74) is 1.77. The van der Waals surface area contributed by atoms with E-state index in [1.54, 1.807) is 13.3 Å². The normalized spacial score (nSPS) is 24.1. The molecule has 0 bridgehead atoms. The van der Waals surface area contributed by atoms with Gasteiger partial charge in [0.2, 0.25) is 5.88 Å². The molecule has 7 nitrogen and oxygen atoms in total. The molecule has 1 heterocycles. The van der Waals surface area contributed by atoms with Crippen LogP contribution in [-0.2, 0) is 22.3 Å². The fourth-order valence-corrected chi connectivity index (χ4v) is 11.3. The number of aromatic nitrogens is 2. The van der Waals surface area contributed by atoms with Crippen LogP contribution >= 0.6 is 0 Å². The molecule has 2 saturated carbocycles. The molecule has 2 aromatic rings. The molecule has 44 heavy (non-hydrogen) atoms. The number of rotatable bonds is 17. The predicted molar refractivity (Wildman–Crippen MR) is 179 cm³/mol. The summed E-state index contributed by atoms with van der Waals surface area (Å²) in [6.07, 6.45) is 12.3. The van der Waals surface area contributed by atoms with Crippen molar-refractivity contribution < 1.29 is 23.4 Å². The van der Waals surface area contributed by atoms with Crippen molar-refractivity contribution in [1.82, 2.24) is 9.78 Å². The second-order valence-electron chi connectivity index (χ2n) is 13.5. The molecule has 4 rings (SSSR count). The zero-order chi connectivity index (χ0) is 31.7. The van der Waals surface area contributed by atoms with Gasteiger partial charge in [0.1, 0.15) is 17.9 Å². The van der Waals surface area contributed by atoms with Gasteiger partial charge >= 0.3 is 5.97 Å². The van der Waals surface area contributed by atoms with Crippen molar-refractivity contribution >= 4 is 14.3 Å². The second kappa shape index (κ2) is 15.8. The topological polar surface area (TPSA) is 71.8 Å². The zero-order valence-electron chi connectivity index (χ0n) is 28.5. The summed E-state index contributed by atoms with van der Waals surface area (Å²) in [6, 6.07) is 11.4. The maximum absolute atomic E-state index is 12.7. The fraction of sp³-hybridized carbons (Fsp3) is 0.722. The Bertz CT molecular complexity index is 1170. The van der Waals surface area contributed by atoms with Crippen molar-refractivity contribution in [3.63, 3.8) is 0 Å². The van der Waals surface area contributed by atoms with Gasteiger partial charge in [0.05, 0.1) is 13.7 Å². The van der Waals surface area contributed by atoms with Crippen LogP contribution < -0.4 is 9.47 Å². The van der Waals surface area contributed by atoms with Gasteiger partial charge in [-0.3, -0.25) is 4.68 Å². The summed E-state index contributed by atoms with van der Waals surface area (Å²) in [7, 11) is 0.0503. The lowest BCUT2D eigenvalue weighted by atomic mass is 9.61. The molecule has 5 atom stereocenters. The van der Waals surface area contributed by atoms with E-state index in [1.165, 1.54) is 56.7 Å². The summed E-state index contributed by atoms with van der Waals surface area (Å²) in [5, 5.41) is 4.64. The molecular weight excluding hydrogens is 568 g/mol. The number of aryl methyl sites for hydroxylation is 1. The number of ether oxygens (including phenoxy) is 3. The Morgan fingerprint density at radius 2 is 1.80 bits per heavy atom. The molecule has 1 aromatic heterocycles. The van der Waals surface area contributed by atoms with Crippen LogP contribution in [0.1, 0.15) is 109 Å². The van der Waals surface area contributed by atoms with Crippen LogP contribution in [0.3, 0.4) is 0 Å². The molecule has 8 heteroatoms. The lowest BCUT2D eigenvalue weighted by Crippen LogP contribution is -2.48. The number of benzene rings is 1. The van der Waals surface area contributed by atoms with E-state index in [-0.39, 0.29) is 0 Å². The number of carbonyl (C=O) groups is 1. The zero-order valence-corrected chi connectivity index (χ0v) is 29.5. The third-order valence-corrected chi connectivity index (χ3v) is 15.9. The molecule has 0 aliphatic heterocycles. The molecule has 0 amide bonds. The van der Waals surface area contributed by atoms with Crippen LogP contribution in [0.5, 0.6) is 11.6 Å². The van der Waals surface area contributed by atoms with Crippen LogP contribution in [-0.4, -0.2) is 43.9 Å². The molecule has 0 N–H and O–H groups in total. The van der Waals surface area contributed by atoms with E-state index in [0.717, 1.165) is 42.5 Å². The van der Waals surface area contributed by atoms with Gasteiger partial charge in [0.25, 0.3) is 0 Å². The van der Waals surface area contributed by atoms with E-state index in [9.17, 15) is 4.79 Å². The first-order valence-electron chi connectivity index (χ1n) is 17.4. The number of hydrogen-bond donors (Lipinski definition) is 0. The van der Waals surface area contributed by atoms with Crippen LogP contribution in [0.4, 0.5) is 0 Å². The Hall–Kier alpha value is -2.32. The number of fused-ring (bicyclic) bond motifs is 1. The van der Waals surface area contributed by atoms with Gasteiger partial charge in [-0.25, -0.2) is 4.79 Å². The van der Waals surface area contributed by atoms with Crippen molar-refractivity contribution in [2.75, 3.05) is 13.7 Å². The summed E-state index contributed by atoms with van der Waals surface area (Å²) >= 11 is 0. The van der Waals surface area contributed by atoms with E-state index in [4.69, 9.17) is 18.6 Å².